The molecule has 1 N–H and O–H groups in total. The van der Waals surface area contributed by atoms with Crippen LogP contribution in [0.5, 0.6) is 0 Å². The molecule has 1 unspecified atom stereocenters. The zero-order valence-electron chi connectivity index (χ0n) is 12.9. The molecule has 7 heteroatoms. The summed E-state index contributed by atoms with van der Waals surface area (Å²) < 4.78 is 27.0. The molecule has 0 radical (unpaired) electrons. The molecule has 0 aromatic heterocycles. The van der Waals surface area contributed by atoms with Gasteiger partial charge in [-0.2, -0.15) is 9.57 Å². The van der Waals surface area contributed by atoms with Crippen LogP contribution in [0.2, 0.25) is 0 Å². The van der Waals surface area contributed by atoms with E-state index in [4.69, 9.17) is 5.26 Å². The van der Waals surface area contributed by atoms with Crippen LogP contribution in [0.1, 0.15) is 24.0 Å². The Balaban J connectivity index is 0.00000242. The number of hydrogen-bond acceptors (Lipinski definition) is 4. The second kappa shape index (κ2) is 7.93. The summed E-state index contributed by atoms with van der Waals surface area (Å²) in [6.45, 7) is 3.72. The lowest BCUT2D eigenvalue weighted by molar-refractivity contribution is 0.263. The van der Waals surface area contributed by atoms with Gasteiger partial charge in [0.25, 0.3) is 0 Å². The van der Waals surface area contributed by atoms with Crippen LogP contribution in [0.15, 0.2) is 23.1 Å². The van der Waals surface area contributed by atoms with E-state index in [1.165, 1.54) is 6.07 Å². The zero-order chi connectivity index (χ0) is 15.5. The van der Waals surface area contributed by atoms with Crippen molar-refractivity contribution in [2.45, 2.75) is 24.7 Å². The second-order valence-corrected chi connectivity index (χ2v) is 7.46. The zero-order valence-corrected chi connectivity index (χ0v) is 14.5. The molecule has 5 nitrogen and oxygen atoms in total. The third kappa shape index (κ3) is 3.99. The molecule has 1 aliphatic heterocycles. The number of nitrogens with zero attached hydrogens (tertiary/aromatic N) is 2. The highest BCUT2D eigenvalue weighted by atomic mass is 35.5. The SMILES string of the molecule is CNCC1CCCN(S(=O)(=O)c2ccc(C#N)c(C)c2)C1.Cl. The van der Waals surface area contributed by atoms with E-state index in [1.54, 1.807) is 23.4 Å². The Bertz CT molecular complexity index is 653. The van der Waals surface area contributed by atoms with E-state index >= 15 is 0 Å². The summed E-state index contributed by atoms with van der Waals surface area (Å²) >= 11 is 0. The fourth-order valence-corrected chi connectivity index (χ4v) is 4.41. The van der Waals surface area contributed by atoms with E-state index in [2.05, 4.69) is 11.4 Å². The minimum atomic E-state index is -3.46. The normalized spacial score (nSPS) is 19.2. The van der Waals surface area contributed by atoms with Crippen LogP contribution >= 0.6 is 12.4 Å². The van der Waals surface area contributed by atoms with Crippen LogP contribution < -0.4 is 5.32 Å². The Labute approximate surface area is 138 Å². The summed E-state index contributed by atoms with van der Waals surface area (Å²) in [7, 11) is -1.58. The molecule has 122 valence electrons. The molecule has 0 amide bonds. The highest BCUT2D eigenvalue weighted by molar-refractivity contribution is 7.89. The van der Waals surface area contributed by atoms with Crippen molar-refractivity contribution in [1.82, 2.24) is 9.62 Å². The van der Waals surface area contributed by atoms with Gasteiger partial charge in [-0.1, -0.05) is 0 Å². The number of piperidine rings is 1. The first-order chi connectivity index (χ1) is 9.98. The number of sulfonamides is 1. The van der Waals surface area contributed by atoms with Crippen molar-refractivity contribution >= 4 is 22.4 Å². The second-order valence-electron chi connectivity index (χ2n) is 5.52. The molecule has 2 rings (SSSR count). The maximum Gasteiger partial charge on any atom is 0.243 e. The van der Waals surface area contributed by atoms with E-state index < -0.39 is 10.0 Å². The lowest BCUT2D eigenvalue weighted by Gasteiger charge is -2.31. The lowest BCUT2D eigenvalue weighted by Crippen LogP contribution is -2.42. The molecule has 22 heavy (non-hydrogen) atoms. The van der Waals surface area contributed by atoms with Crippen LogP contribution in [0.25, 0.3) is 0 Å². The van der Waals surface area contributed by atoms with E-state index in [0.29, 0.717) is 30.1 Å². The van der Waals surface area contributed by atoms with Gasteiger partial charge >= 0.3 is 0 Å². The van der Waals surface area contributed by atoms with Crippen LogP contribution in [-0.2, 0) is 10.0 Å². The van der Waals surface area contributed by atoms with Crippen molar-refractivity contribution in [1.29, 1.82) is 5.26 Å². The van der Waals surface area contributed by atoms with Gasteiger partial charge in [0.2, 0.25) is 10.0 Å². The Morgan fingerprint density at radius 1 is 1.45 bits per heavy atom. The van der Waals surface area contributed by atoms with E-state index in [-0.39, 0.29) is 17.3 Å². The van der Waals surface area contributed by atoms with Gasteiger partial charge in [-0.25, -0.2) is 8.42 Å². The Kier molecular flexibility index (Phi) is 6.82. The summed E-state index contributed by atoms with van der Waals surface area (Å²) in [6, 6.07) is 6.76. The van der Waals surface area contributed by atoms with Gasteiger partial charge in [0.05, 0.1) is 16.5 Å². The van der Waals surface area contributed by atoms with Gasteiger partial charge in [0, 0.05) is 13.1 Å². The fourth-order valence-electron chi connectivity index (χ4n) is 2.77. The molecule has 1 atom stereocenters. The molecule has 1 saturated heterocycles. The van der Waals surface area contributed by atoms with Crippen molar-refractivity contribution in [2.75, 3.05) is 26.7 Å². The molecule has 0 saturated carbocycles. The van der Waals surface area contributed by atoms with Crippen molar-refractivity contribution in [3.05, 3.63) is 29.3 Å². The first kappa shape index (κ1) is 18.9. The molecule has 1 aromatic rings. The van der Waals surface area contributed by atoms with Crippen LogP contribution in [0, 0.1) is 24.2 Å². The minimum absolute atomic E-state index is 0. The number of rotatable bonds is 4. The van der Waals surface area contributed by atoms with Crippen molar-refractivity contribution in [3.8, 4) is 6.07 Å². The highest BCUT2D eigenvalue weighted by Crippen LogP contribution is 2.24. The Morgan fingerprint density at radius 3 is 2.77 bits per heavy atom. The van der Waals surface area contributed by atoms with Gasteiger partial charge in [-0.3, -0.25) is 0 Å². The maximum absolute atomic E-state index is 12.7. The third-order valence-electron chi connectivity index (χ3n) is 3.93. The summed E-state index contributed by atoms with van der Waals surface area (Å²) in [6.07, 6.45) is 1.94. The van der Waals surface area contributed by atoms with Crippen molar-refractivity contribution in [3.63, 3.8) is 0 Å². The number of aryl methyl sites for hydroxylation is 1. The molecule has 1 aliphatic rings. The van der Waals surface area contributed by atoms with Crippen LogP contribution in [-0.4, -0.2) is 39.4 Å². The van der Waals surface area contributed by atoms with Crippen molar-refractivity contribution < 1.29 is 8.42 Å². The third-order valence-corrected chi connectivity index (χ3v) is 5.79. The molecule has 1 heterocycles. The molecular weight excluding hydrogens is 322 g/mol. The number of hydrogen-bond donors (Lipinski definition) is 1. The lowest BCUT2D eigenvalue weighted by atomic mass is 10.00. The quantitative estimate of drug-likeness (QED) is 0.906. The van der Waals surface area contributed by atoms with Crippen LogP contribution in [0.3, 0.4) is 0 Å². The van der Waals surface area contributed by atoms with Gasteiger partial charge < -0.3 is 5.32 Å². The standard InChI is InChI=1S/C15H21N3O2S.ClH/c1-12-8-15(6-5-14(12)9-16)21(19,20)18-7-3-4-13(11-18)10-17-2;/h5-6,8,13,17H,3-4,7,10-11H2,1-2H3;1H. The first-order valence-electron chi connectivity index (χ1n) is 7.14. The van der Waals surface area contributed by atoms with Gasteiger partial charge in [0.1, 0.15) is 0 Å². The summed E-state index contributed by atoms with van der Waals surface area (Å²) in [5.74, 6) is 0.359. The average Bonchev–Trinajstić information content (AvgIpc) is 2.48. The fraction of sp³-hybridized carbons (Fsp3) is 0.533. The number of halogens is 1. The van der Waals surface area contributed by atoms with E-state index in [9.17, 15) is 8.42 Å². The van der Waals surface area contributed by atoms with E-state index in [1.807, 2.05) is 7.05 Å². The molecule has 0 spiro atoms. The summed E-state index contributed by atoms with van der Waals surface area (Å²) in [5, 5.41) is 12.1. The topological polar surface area (TPSA) is 73.2 Å². The first-order valence-corrected chi connectivity index (χ1v) is 8.58. The average molecular weight is 344 g/mol. The smallest absolute Gasteiger partial charge is 0.243 e. The van der Waals surface area contributed by atoms with Gasteiger partial charge in [-0.05, 0) is 63.0 Å². The Hall–Kier alpha value is -1.13. The summed E-state index contributed by atoms with van der Waals surface area (Å²) in [5.41, 5.74) is 1.21. The maximum atomic E-state index is 12.7. The predicted octanol–water partition coefficient (Wildman–Crippen LogP) is 1.91. The molecular formula is C15H22ClN3O2S. The van der Waals surface area contributed by atoms with Gasteiger partial charge in [-0.15, -0.1) is 12.4 Å². The number of benzene rings is 1. The minimum Gasteiger partial charge on any atom is -0.319 e. The summed E-state index contributed by atoms with van der Waals surface area (Å²) in [4.78, 5) is 0.282. The molecule has 0 aliphatic carbocycles. The Morgan fingerprint density at radius 2 is 2.18 bits per heavy atom. The van der Waals surface area contributed by atoms with Gasteiger partial charge in [0.15, 0.2) is 0 Å². The predicted molar refractivity (Wildman–Crippen MR) is 88.6 cm³/mol. The molecule has 1 aromatic carbocycles. The molecule has 1 fully saturated rings. The van der Waals surface area contributed by atoms with E-state index in [0.717, 1.165) is 19.4 Å². The highest BCUT2D eigenvalue weighted by Gasteiger charge is 2.30. The number of nitrogens with one attached hydrogen (secondary N) is 1. The largest absolute Gasteiger partial charge is 0.319 e. The van der Waals surface area contributed by atoms with Crippen molar-refractivity contribution in [2.24, 2.45) is 5.92 Å². The monoisotopic (exact) mass is 343 g/mol. The number of nitriles is 1. The molecule has 0 bridgehead atoms. The van der Waals surface area contributed by atoms with Crippen LogP contribution in [0.4, 0.5) is 0 Å².